The van der Waals surface area contributed by atoms with Gasteiger partial charge in [-0.05, 0) is 44.9 Å². The third-order valence-electron chi connectivity index (χ3n) is 5.41. The van der Waals surface area contributed by atoms with Crippen LogP contribution in [0.2, 0.25) is 0 Å². The lowest BCUT2D eigenvalue weighted by molar-refractivity contribution is -0.169. The number of piperazine rings is 1. The highest BCUT2D eigenvalue weighted by atomic mass is 16.5. The molecule has 5 nitrogen and oxygen atoms in total. The molecule has 3 aliphatic rings. The zero-order chi connectivity index (χ0) is 15.0. The molecule has 21 heavy (non-hydrogen) atoms. The quantitative estimate of drug-likeness (QED) is 0.793. The average Bonchev–Trinajstić information content (AvgIpc) is 2.98. The molecule has 1 aliphatic carbocycles. The first kappa shape index (κ1) is 14.8. The van der Waals surface area contributed by atoms with Gasteiger partial charge in [0.05, 0.1) is 12.1 Å². The zero-order valence-electron chi connectivity index (χ0n) is 13.1. The molecular formula is C16H26N2O3. The number of carbonyl (C=O) groups excluding carboxylic acids is 2. The Bertz CT molecular complexity index is 426. The summed E-state index contributed by atoms with van der Waals surface area (Å²) in [5.41, 5.74) is 0. The van der Waals surface area contributed by atoms with Gasteiger partial charge in [-0.25, -0.2) is 0 Å². The molecule has 0 aromatic rings. The monoisotopic (exact) mass is 294 g/mol. The standard InChI is InChI=1S/C16H26N2O3/c1-3-11-15(19)17-10-5-4-7-13(17)16(20)18(11)12-8-6-9-14(12)21-2/h11-14H,3-10H2,1-2H3. The van der Waals surface area contributed by atoms with Crippen LogP contribution in [0.5, 0.6) is 0 Å². The Labute approximate surface area is 126 Å². The van der Waals surface area contributed by atoms with Gasteiger partial charge in [0.25, 0.3) is 0 Å². The van der Waals surface area contributed by atoms with Gasteiger partial charge in [0.1, 0.15) is 12.1 Å². The van der Waals surface area contributed by atoms with E-state index in [0.29, 0.717) is 6.42 Å². The normalized spacial score (nSPS) is 37.0. The second-order valence-corrected chi connectivity index (χ2v) is 6.49. The summed E-state index contributed by atoms with van der Waals surface area (Å²) in [6.07, 6.45) is 6.70. The van der Waals surface area contributed by atoms with Gasteiger partial charge >= 0.3 is 0 Å². The zero-order valence-corrected chi connectivity index (χ0v) is 13.1. The summed E-state index contributed by atoms with van der Waals surface area (Å²) in [6, 6.07) is -0.416. The molecule has 0 bridgehead atoms. The van der Waals surface area contributed by atoms with Crippen LogP contribution in [0.25, 0.3) is 0 Å². The Balaban J connectivity index is 1.90. The second-order valence-electron chi connectivity index (χ2n) is 6.49. The summed E-state index contributed by atoms with van der Waals surface area (Å²) >= 11 is 0. The van der Waals surface area contributed by atoms with E-state index >= 15 is 0 Å². The van der Waals surface area contributed by atoms with Gasteiger partial charge in [-0.3, -0.25) is 9.59 Å². The fraction of sp³-hybridized carbons (Fsp3) is 0.875. The van der Waals surface area contributed by atoms with Crippen molar-refractivity contribution < 1.29 is 14.3 Å². The van der Waals surface area contributed by atoms with Gasteiger partial charge in [-0.15, -0.1) is 0 Å². The minimum absolute atomic E-state index is 0.0838. The number of ether oxygens (including phenoxy) is 1. The second kappa shape index (κ2) is 5.95. The molecule has 0 aromatic carbocycles. The highest BCUT2D eigenvalue weighted by Gasteiger charge is 2.50. The first-order chi connectivity index (χ1) is 10.2. The highest BCUT2D eigenvalue weighted by Crippen LogP contribution is 2.34. The van der Waals surface area contributed by atoms with E-state index in [0.717, 1.165) is 45.1 Å². The van der Waals surface area contributed by atoms with Crippen molar-refractivity contribution in [2.45, 2.75) is 76.1 Å². The van der Waals surface area contributed by atoms with E-state index in [2.05, 4.69) is 0 Å². The molecule has 2 amide bonds. The van der Waals surface area contributed by atoms with E-state index in [4.69, 9.17) is 4.74 Å². The molecule has 0 aromatic heterocycles. The minimum atomic E-state index is -0.285. The predicted molar refractivity (Wildman–Crippen MR) is 78.7 cm³/mol. The topological polar surface area (TPSA) is 49.9 Å². The summed E-state index contributed by atoms with van der Waals surface area (Å²) in [5.74, 6) is 0.318. The fourth-order valence-electron chi connectivity index (χ4n) is 4.35. The lowest BCUT2D eigenvalue weighted by atomic mass is 9.92. The molecule has 2 heterocycles. The Morgan fingerprint density at radius 2 is 1.90 bits per heavy atom. The molecule has 2 saturated heterocycles. The number of hydrogen-bond donors (Lipinski definition) is 0. The smallest absolute Gasteiger partial charge is 0.246 e. The summed E-state index contributed by atoms with van der Waals surface area (Å²) in [7, 11) is 1.72. The van der Waals surface area contributed by atoms with Crippen LogP contribution >= 0.6 is 0 Å². The summed E-state index contributed by atoms with van der Waals surface area (Å²) in [6.45, 7) is 2.75. The van der Waals surface area contributed by atoms with Gasteiger partial charge in [-0.1, -0.05) is 6.92 Å². The van der Waals surface area contributed by atoms with Gasteiger partial charge in [0.15, 0.2) is 0 Å². The minimum Gasteiger partial charge on any atom is -0.379 e. The Morgan fingerprint density at radius 1 is 1.10 bits per heavy atom. The number of methoxy groups -OCH3 is 1. The third-order valence-corrected chi connectivity index (χ3v) is 5.41. The summed E-state index contributed by atoms with van der Waals surface area (Å²) in [4.78, 5) is 29.5. The van der Waals surface area contributed by atoms with Crippen LogP contribution in [0.3, 0.4) is 0 Å². The SMILES string of the molecule is CCC1C(=O)N2CCCCC2C(=O)N1C1CCCC1OC. The Morgan fingerprint density at radius 3 is 2.62 bits per heavy atom. The number of nitrogens with zero attached hydrogens (tertiary/aromatic N) is 2. The van der Waals surface area contributed by atoms with E-state index in [-0.39, 0.29) is 36.0 Å². The molecule has 0 spiro atoms. The van der Waals surface area contributed by atoms with Crippen LogP contribution in [0, 0.1) is 0 Å². The molecule has 5 heteroatoms. The maximum absolute atomic E-state index is 13.0. The number of carbonyl (C=O) groups is 2. The van der Waals surface area contributed by atoms with Crippen molar-refractivity contribution in [1.29, 1.82) is 0 Å². The fourth-order valence-corrected chi connectivity index (χ4v) is 4.35. The summed E-state index contributed by atoms with van der Waals surface area (Å²) in [5, 5.41) is 0. The summed E-state index contributed by atoms with van der Waals surface area (Å²) < 4.78 is 5.57. The van der Waals surface area contributed by atoms with E-state index in [1.165, 1.54) is 0 Å². The highest BCUT2D eigenvalue weighted by molar-refractivity contribution is 5.97. The van der Waals surface area contributed by atoms with Gasteiger partial charge in [0.2, 0.25) is 11.8 Å². The van der Waals surface area contributed by atoms with Gasteiger partial charge in [0, 0.05) is 13.7 Å². The van der Waals surface area contributed by atoms with Crippen molar-refractivity contribution in [1.82, 2.24) is 9.80 Å². The number of fused-ring (bicyclic) bond motifs is 1. The van der Waals surface area contributed by atoms with Crippen LogP contribution in [0.15, 0.2) is 0 Å². The molecule has 0 N–H and O–H groups in total. The average molecular weight is 294 g/mol. The first-order valence-electron chi connectivity index (χ1n) is 8.34. The van der Waals surface area contributed by atoms with Crippen molar-refractivity contribution >= 4 is 11.8 Å². The van der Waals surface area contributed by atoms with Gasteiger partial charge in [-0.2, -0.15) is 0 Å². The number of piperidine rings is 1. The van der Waals surface area contributed by atoms with Crippen molar-refractivity contribution in [3.05, 3.63) is 0 Å². The lowest BCUT2D eigenvalue weighted by Crippen LogP contribution is -2.68. The van der Waals surface area contributed by atoms with E-state index in [1.54, 1.807) is 7.11 Å². The van der Waals surface area contributed by atoms with E-state index in [1.807, 2.05) is 16.7 Å². The maximum atomic E-state index is 13.0. The molecule has 1 saturated carbocycles. The molecular weight excluding hydrogens is 268 g/mol. The lowest BCUT2D eigenvalue weighted by Gasteiger charge is -2.49. The van der Waals surface area contributed by atoms with E-state index < -0.39 is 0 Å². The van der Waals surface area contributed by atoms with Gasteiger partial charge < -0.3 is 14.5 Å². The number of hydrogen-bond acceptors (Lipinski definition) is 3. The van der Waals surface area contributed by atoms with Crippen LogP contribution < -0.4 is 0 Å². The predicted octanol–water partition coefficient (Wildman–Crippen LogP) is 1.56. The molecule has 0 radical (unpaired) electrons. The van der Waals surface area contributed by atoms with Crippen molar-refractivity contribution in [3.63, 3.8) is 0 Å². The largest absolute Gasteiger partial charge is 0.379 e. The molecule has 4 atom stereocenters. The van der Waals surface area contributed by atoms with Crippen LogP contribution in [0.4, 0.5) is 0 Å². The first-order valence-corrected chi connectivity index (χ1v) is 8.34. The molecule has 3 fully saturated rings. The van der Waals surface area contributed by atoms with Crippen LogP contribution in [-0.4, -0.2) is 59.5 Å². The van der Waals surface area contributed by atoms with Crippen molar-refractivity contribution in [2.24, 2.45) is 0 Å². The number of rotatable bonds is 3. The molecule has 118 valence electrons. The van der Waals surface area contributed by atoms with Crippen molar-refractivity contribution in [3.8, 4) is 0 Å². The molecule has 2 aliphatic heterocycles. The van der Waals surface area contributed by atoms with Crippen LogP contribution in [-0.2, 0) is 14.3 Å². The van der Waals surface area contributed by atoms with Crippen LogP contribution in [0.1, 0.15) is 51.9 Å². The Hall–Kier alpha value is -1.10. The third kappa shape index (κ3) is 2.35. The Kier molecular flexibility index (Phi) is 4.20. The van der Waals surface area contributed by atoms with Crippen molar-refractivity contribution in [2.75, 3.05) is 13.7 Å². The molecule has 3 rings (SSSR count). The number of amides is 2. The molecule has 4 unspecified atom stereocenters. The maximum Gasteiger partial charge on any atom is 0.246 e. The van der Waals surface area contributed by atoms with E-state index in [9.17, 15) is 9.59 Å².